The molecule has 0 bridgehead atoms. The molecule has 6 heteroatoms. The van der Waals surface area contributed by atoms with Gasteiger partial charge in [0.05, 0.1) is 4.90 Å². The Balaban J connectivity index is 2.24. The van der Waals surface area contributed by atoms with Crippen molar-refractivity contribution in [3.8, 4) is 0 Å². The molecule has 0 aliphatic carbocycles. The molecular weight excluding hydrogens is 345 g/mol. The van der Waals surface area contributed by atoms with Gasteiger partial charge < -0.3 is 0 Å². The summed E-state index contributed by atoms with van der Waals surface area (Å²) in [4.78, 5) is 0.184. The smallest absolute Gasteiger partial charge is 0.207 e. The predicted octanol–water partition coefficient (Wildman–Crippen LogP) is 3.38. The van der Waals surface area contributed by atoms with E-state index in [0.29, 0.717) is 15.6 Å². The fraction of sp³-hybridized carbons (Fsp3) is 0.143. The van der Waals surface area contributed by atoms with Crippen molar-refractivity contribution in [2.75, 3.05) is 0 Å². The zero-order chi connectivity index (χ0) is 14.8. The van der Waals surface area contributed by atoms with E-state index in [1.54, 1.807) is 37.3 Å². The summed E-state index contributed by atoms with van der Waals surface area (Å²) in [7, 11) is -3.68. The Kier molecular flexibility index (Phi) is 4.57. The van der Waals surface area contributed by atoms with Gasteiger partial charge in [-0.3, -0.25) is 0 Å². The van der Waals surface area contributed by atoms with Crippen molar-refractivity contribution in [1.82, 2.24) is 4.72 Å². The van der Waals surface area contributed by atoms with Gasteiger partial charge in [0.1, 0.15) is 5.82 Å². The van der Waals surface area contributed by atoms with Gasteiger partial charge in [0.2, 0.25) is 10.0 Å². The highest BCUT2D eigenvalue weighted by Gasteiger charge is 2.17. The van der Waals surface area contributed by atoms with Crippen LogP contribution in [0.5, 0.6) is 0 Å². The monoisotopic (exact) mass is 357 g/mol. The Morgan fingerprint density at radius 1 is 1.20 bits per heavy atom. The van der Waals surface area contributed by atoms with Gasteiger partial charge in [-0.25, -0.2) is 17.5 Å². The highest BCUT2D eigenvalue weighted by molar-refractivity contribution is 9.10. The lowest BCUT2D eigenvalue weighted by Gasteiger charge is -2.10. The van der Waals surface area contributed by atoms with Gasteiger partial charge in [0.25, 0.3) is 0 Å². The third kappa shape index (κ3) is 3.45. The van der Waals surface area contributed by atoms with Crippen LogP contribution >= 0.6 is 15.9 Å². The molecule has 0 atom stereocenters. The van der Waals surface area contributed by atoms with Crippen LogP contribution in [0.4, 0.5) is 4.39 Å². The second kappa shape index (κ2) is 6.03. The van der Waals surface area contributed by atoms with E-state index in [1.807, 2.05) is 0 Å². The fourth-order valence-corrected chi connectivity index (χ4v) is 3.54. The minimum atomic E-state index is -3.68. The summed E-state index contributed by atoms with van der Waals surface area (Å²) in [5.41, 5.74) is 0.943. The maximum absolute atomic E-state index is 13.5. The Bertz CT molecular complexity index is 732. The average Bonchev–Trinajstić information content (AvgIpc) is 2.40. The third-order valence-electron chi connectivity index (χ3n) is 2.85. The van der Waals surface area contributed by atoms with Crippen LogP contribution in [-0.2, 0) is 16.6 Å². The zero-order valence-electron chi connectivity index (χ0n) is 10.7. The van der Waals surface area contributed by atoms with Gasteiger partial charge in [0, 0.05) is 16.6 Å². The van der Waals surface area contributed by atoms with E-state index in [4.69, 9.17) is 0 Å². The maximum atomic E-state index is 13.5. The molecule has 0 aromatic heterocycles. The Morgan fingerprint density at radius 2 is 1.90 bits per heavy atom. The quantitative estimate of drug-likeness (QED) is 0.911. The summed E-state index contributed by atoms with van der Waals surface area (Å²) in [5, 5.41) is 0. The molecule has 0 aliphatic rings. The molecule has 0 aliphatic heterocycles. The number of sulfonamides is 1. The van der Waals surface area contributed by atoms with Gasteiger partial charge in [0.15, 0.2) is 0 Å². The van der Waals surface area contributed by atoms with Crippen LogP contribution in [0.2, 0.25) is 0 Å². The van der Waals surface area contributed by atoms with E-state index in [2.05, 4.69) is 20.7 Å². The minimum Gasteiger partial charge on any atom is -0.207 e. The maximum Gasteiger partial charge on any atom is 0.241 e. The molecule has 0 unspecified atom stereocenters. The van der Waals surface area contributed by atoms with Crippen molar-refractivity contribution in [3.05, 3.63) is 63.9 Å². The topological polar surface area (TPSA) is 46.2 Å². The lowest BCUT2D eigenvalue weighted by molar-refractivity contribution is 0.574. The van der Waals surface area contributed by atoms with Crippen molar-refractivity contribution in [2.45, 2.75) is 18.4 Å². The number of rotatable bonds is 4. The molecule has 1 N–H and O–H groups in total. The first-order chi connectivity index (χ1) is 9.40. The third-order valence-corrected chi connectivity index (χ3v) is 4.89. The molecule has 0 radical (unpaired) electrons. The molecular formula is C14H13BrFNO2S. The minimum absolute atomic E-state index is 0.0824. The molecule has 0 heterocycles. The van der Waals surface area contributed by atoms with Crippen molar-refractivity contribution in [2.24, 2.45) is 0 Å². The summed E-state index contributed by atoms with van der Waals surface area (Å²) >= 11 is 3.24. The first kappa shape index (κ1) is 15.2. The predicted molar refractivity (Wildman–Crippen MR) is 79.3 cm³/mol. The average molecular weight is 358 g/mol. The van der Waals surface area contributed by atoms with E-state index >= 15 is 0 Å². The summed E-state index contributed by atoms with van der Waals surface area (Å²) in [5.74, 6) is -0.429. The molecule has 0 fully saturated rings. The van der Waals surface area contributed by atoms with Gasteiger partial charge in [-0.05, 0) is 30.7 Å². The SMILES string of the molecule is Cc1ccc(Br)cc1S(=O)(=O)NCc1ccccc1F. The highest BCUT2D eigenvalue weighted by atomic mass is 79.9. The molecule has 106 valence electrons. The van der Waals surface area contributed by atoms with Crippen LogP contribution in [-0.4, -0.2) is 8.42 Å². The Morgan fingerprint density at radius 3 is 2.60 bits per heavy atom. The Labute approximate surface area is 126 Å². The molecule has 0 saturated carbocycles. The second-order valence-corrected chi connectivity index (χ2v) is 6.98. The molecule has 2 rings (SSSR count). The molecule has 3 nitrogen and oxygen atoms in total. The molecule has 0 amide bonds. The highest BCUT2D eigenvalue weighted by Crippen LogP contribution is 2.20. The number of hydrogen-bond acceptors (Lipinski definition) is 2. The van der Waals surface area contributed by atoms with Crippen LogP contribution in [0.25, 0.3) is 0 Å². The number of benzene rings is 2. The van der Waals surface area contributed by atoms with Gasteiger partial charge in [-0.2, -0.15) is 0 Å². The second-order valence-electron chi connectivity index (χ2n) is 4.33. The van der Waals surface area contributed by atoms with Crippen molar-refractivity contribution < 1.29 is 12.8 Å². The van der Waals surface area contributed by atoms with E-state index in [9.17, 15) is 12.8 Å². The summed E-state index contributed by atoms with van der Waals surface area (Å²) in [6.45, 7) is 1.63. The van der Waals surface area contributed by atoms with Crippen LogP contribution in [0.1, 0.15) is 11.1 Å². The van der Waals surface area contributed by atoms with Gasteiger partial charge in [-0.1, -0.05) is 40.2 Å². The Hall–Kier alpha value is -1.24. The zero-order valence-corrected chi connectivity index (χ0v) is 13.1. The fourth-order valence-electron chi connectivity index (χ4n) is 1.76. The normalized spacial score (nSPS) is 11.6. The number of aryl methyl sites for hydroxylation is 1. The summed E-state index contributed by atoms with van der Waals surface area (Å²) in [6, 6.07) is 11.1. The van der Waals surface area contributed by atoms with E-state index in [1.165, 1.54) is 12.1 Å². The number of nitrogens with one attached hydrogen (secondary N) is 1. The number of halogens is 2. The largest absolute Gasteiger partial charge is 0.241 e. The molecule has 2 aromatic carbocycles. The van der Waals surface area contributed by atoms with Crippen molar-refractivity contribution in [3.63, 3.8) is 0 Å². The standard InChI is InChI=1S/C14H13BrFNO2S/c1-10-6-7-12(15)8-14(10)20(18,19)17-9-11-4-2-3-5-13(11)16/h2-8,17H,9H2,1H3. The van der Waals surface area contributed by atoms with Crippen LogP contribution in [0, 0.1) is 12.7 Å². The first-order valence-electron chi connectivity index (χ1n) is 5.89. The van der Waals surface area contributed by atoms with Crippen molar-refractivity contribution in [1.29, 1.82) is 0 Å². The lowest BCUT2D eigenvalue weighted by atomic mass is 10.2. The van der Waals surface area contributed by atoms with Crippen LogP contribution < -0.4 is 4.72 Å². The molecule has 0 spiro atoms. The van der Waals surface area contributed by atoms with Crippen LogP contribution in [0.15, 0.2) is 51.8 Å². The number of hydrogen-bond donors (Lipinski definition) is 1. The van der Waals surface area contributed by atoms with Gasteiger partial charge in [-0.15, -0.1) is 0 Å². The van der Waals surface area contributed by atoms with E-state index in [-0.39, 0.29) is 11.4 Å². The van der Waals surface area contributed by atoms with Crippen LogP contribution in [0.3, 0.4) is 0 Å². The van der Waals surface area contributed by atoms with Crippen molar-refractivity contribution >= 4 is 26.0 Å². The molecule has 20 heavy (non-hydrogen) atoms. The molecule has 0 saturated heterocycles. The van der Waals surface area contributed by atoms with Gasteiger partial charge >= 0.3 is 0 Å². The summed E-state index contributed by atoms with van der Waals surface area (Å²) < 4.78 is 41.0. The summed E-state index contributed by atoms with van der Waals surface area (Å²) in [6.07, 6.45) is 0. The first-order valence-corrected chi connectivity index (χ1v) is 8.17. The molecule has 2 aromatic rings. The lowest BCUT2D eigenvalue weighted by Crippen LogP contribution is -2.24. The van der Waals surface area contributed by atoms with E-state index < -0.39 is 15.8 Å². The van der Waals surface area contributed by atoms with E-state index in [0.717, 1.165) is 0 Å².